The molecule has 0 radical (unpaired) electrons. The number of nitrogens with one attached hydrogen (secondary N) is 1. The van der Waals surface area contributed by atoms with Crippen LogP contribution >= 0.6 is 23.2 Å². The first kappa shape index (κ1) is 20.1. The van der Waals surface area contributed by atoms with Gasteiger partial charge in [0.15, 0.2) is 11.5 Å². The second-order valence-corrected chi connectivity index (χ2v) is 7.24. The van der Waals surface area contributed by atoms with Crippen LogP contribution in [0.1, 0.15) is 21.7 Å². The molecule has 1 heterocycles. The zero-order chi connectivity index (χ0) is 21.1. The van der Waals surface area contributed by atoms with Gasteiger partial charge < -0.3 is 19.6 Å². The topological polar surface area (TPSA) is 84.4 Å². The summed E-state index contributed by atoms with van der Waals surface area (Å²) in [5.74, 6) is 0.243. The summed E-state index contributed by atoms with van der Waals surface area (Å²) in [5.41, 5.74) is 2.50. The fourth-order valence-electron chi connectivity index (χ4n) is 2.91. The second-order valence-electron chi connectivity index (χ2n) is 6.46. The molecule has 0 atom stereocenters. The van der Waals surface area contributed by atoms with Crippen LogP contribution in [0.15, 0.2) is 60.7 Å². The highest BCUT2D eigenvalue weighted by molar-refractivity contribution is 6.42. The Morgan fingerprint density at radius 1 is 0.967 bits per heavy atom. The van der Waals surface area contributed by atoms with Crippen LogP contribution in [0.4, 0.5) is 0 Å². The van der Waals surface area contributed by atoms with Crippen LogP contribution in [0.25, 0.3) is 11.0 Å². The van der Waals surface area contributed by atoms with Crippen LogP contribution in [-0.2, 0) is 13.2 Å². The number of nitrogens with zero attached hydrogens (tertiary/aromatic N) is 1. The van der Waals surface area contributed by atoms with Gasteiger partial charge in [0.1, 0.15) is 19.0 Å². The van der Waals surface area contributed by atoms with Crippen LogP contribution in [0.2, 0.25) is 10.0 Å². The van der Waals surface area contributed by atoms with Gasteiger partial charge in [0.25, 0.3) is 0 Å². The zero-order valence-electron chi connectivity index (χ0n) is 15.6. The number of halogens is 2. The van der Waals surface area contributed by atoms with Gasteiger partial charge in [-0.1, -0.05) is 47.5 Å². The first-order valence-corrected chi connectivity index (χ1v) is 9.76. The fraction of sp³-hybridized carbons (Fsp3) is 0.0909. The number of aromatic carboxylic acids is 1. The van der Waals surface area contributed by atoms with E-state index >= 15 is 0 Å². The Labute approximate surface area is 182 Å². The van der Waals surface area contributed by atoms with Crippen molar-refractivity contribution in [3.05, 3.63) is 87.7 Å². The van der Waals surface area contributed by atoms with Crippen molar-refractivity contribution in [2.45, 2.75) is 13.2 Å². The Hall–Kier alpha value is -3.22. The van der Waals surface area contributed by atoms with Gasteiger partial charge in [-0.25, -0.2) is 9.78 Å². The number of imidazole rings is 1. The first-order chi connectivity index (χ1) is 14.5. The van der Waals surface area contributed by atoms with Gasteiger partial charge in [0, 0.05) is 5.56 Å². The van der Waals surface area contributed by atoms with Crippen molar-refractivity contribution >= 4 is 40.2 Å². The molecule has 0 aliphatic heterocycles. The van der Waals surface area contributed by atoms with Gasteiger partial charge in [-0.2, -0.15) is 0 Å². The van der Waals surface area contributed by atoms with Crippen molar-refractivity contribution in [1.29, 1.82) is 0 Å². The number of rotatable bonds is 7. The second kappa shape index (κ2) is 8.65. The summed E-state index contributed by atoms with van der Waals surface area (Å²) in [7, 11) is 0. The van der Waals surface area contributed by atoms with E-state index in [9.17, 15) is 9.90 Å². The third-order valence-electron chi connectivity index (χ3n) is 4.41. The minimum absolute atomic E-state index is 0.0817. The number of benzene rings is 3. The average Bonchev–Trinajstić information content (AvgIpc) is 3.16. The summed E-state index contributed by atoms with van der Waals surface area (Å²) in [6, 6.07) is 17.3. The van der Waals surface area contributed by atoms with Gasteiger partial charge in [-0.05, 0) is 36.4 Å². The molecule has 0 saturated carbocycles. The van der Waals surface area contributed by atoms with E-state index in [0.717, 1.165) is 11.0 Å². The molecule has 1 aromatic heterocycles. The Morgan fingerprint density at radius 2 is 1.77 bits per heavy atom. The highest BCUT2D eigenvalue weighted by Crippen LogP contribution is 2.32. The Bertz CT molecular complexity index is 1190. The van der Waals surface area contributed by atoms with Crippen LogP contribution in [0.3, 0.4) is 0 Å². The molecule has 0 fully saturated rings. The number of H-pyrrole nitrogens is 1. The molecule has 0 saturated heterocycles. The molecule has 0 aliphatic carbocycles. The lowest BCUT2D eigenvalue weighted by molar-refractivity contribution is 0.0696. The molecular formula is C22H16Cl2N2O4. The zero-order valence-corrected chi connectivity index (χ0v) is 17.1. The molecule has 3 aromatic carbocycles. The number of hydrogen-bond donors (Lipinski definition) is 2. The molecule has 0 unspecified atom stereocenters. The third kappa shape index (κ3) is 4.35. The van der Waals surface area contributed by atoms with E-state index < -0.39 is 5.97 Å². The summed E-state index contributed by atoms with van der Waals surface area (Å²) in [5, 5.41) is 10.1. The number of fused-ring (bicyclic) bond motifs is 1. The molecule has 6 nitrogen and oxygen atoms in total. The predicted molar refractivity (Wildman–Crippen MR) is 115 cm³/mol. The summed E-state index contributed by atoms with van der Waals surface area (Å²) in [6.45, 7) is 0.263. The summed E-state index contributed by atoms with van der Waals surface area (Å²) in [4.78, 5) is 19.0. The Kier molecular flexibility index (Phi) is 5.79. The number of carbonyl (C=O) groups is 1. The van der Waals surface area contributed by atoms with Crippen LogP contribution in [0, 0.1) is 0 Å². The monoisotopic (exact) mass is 442 g/mol. The van der Waals surface area contributed by atoms with E-state index in [4.69, 9.17) is 32.7 Å². The maximum Gasteiger partial charge on any atom is 0.335 e. The lowest BCUT2D eigenvalue weighted by Gasteiger charge is -2.14. The number of ether oxygens (including phenoxy) is 2. The lowest BCUT2D eigenvalue weighted by atomic mass is 10.2. The van der Waals surface area contributed by atoms with Gasteiger partial charge in [-0.15, -0.1) is 0 Å². The van der Waals surface area contributed by atoms with Crippen molar-refractivity contribution in [2.24, 2.45) is 0 Å². The molecule has 30 heavy (non-hydrogen) atoms. The van der Waals surface area contributed by atoms with Gasteiger partial charge in [0.2, 0.25) is 0 Å². The lowest BCUT2D eigenvalue weighted by Crippen LogP contribution is -2.04. The molecule has 4 aromatic rings. The van der Waals surface area contributed by atoms with E-state index in [1.807, 2.05) is 24.3 Å². The highest BCUT2D eigenvalue weighted by Gasteiger charge is 2.13. The molecule has 0 aliphatic rings. The molecule has 0 bridgehead atoms. The molecule has 0 amide bonds. The molecule has 4 rings (SSSR count). The van der Waals surface area contributed by atoms with Crippen molar-refractivity contribution in [3.8, 4) is 11.5 Å². The number of carboxylic acids is 1. The average molecular weight is 443 g/mol. The third-order valence-corrected chi connectivity index (χ3v) is 5.27. The smallest absolute Gasteiger partial charge is 0.335 e. The van der Waals surface area contributed by atoms with E-state index in [-0.39, 0.29) is 24.5 Å². The number of carboxylic acid groups (broad SMARTS) is 1. The van der Waals surface area contributed by atoms with Crippen molar-refractivity contribution in [3.63, 3.8) is 0 Å². The fourth-order valence-corrected chi connectivity index (χ4v) is 3.28. The normalized spacial score (nSPS) is 10.9. The maximum atomic E-state index is 11.4. The summed E-state index contributed by atoms with van der Waals surface area (Å²) in [6.07, 6.45) is 0. The molecule has 8 heteroatoms. The SMILES string of the molecule is O=C(O)c1ccc(OCc2nc3ccccc3[nH]2)c(OCc2cccc(Cl)c2Cl)c1. The quantitative estimate of drug-likeness (QED) is 0.381. The number of aromatic nitrogens is 2. The van der Waals surface area contributed by atoms with E-state index in [1.165, 1.54) is 12.1 Å². The van der Waals surface area contributed by atoms with Gasteiger partial charge in [0.05, 0.1) is 26.6 Å². The standard InChI is InChI=1S/C22H16Cl2N2O4/c23-15-5-3-4-14(21(15)24)11-29-19-10-13(22(27)28)8-9-18(19)30-12-20-25-16-6-1-2-7-17(16)26-20/h1-10H,11-12H2,(H,25,26)(H,27,28). The highest BCUT2D eigenvalue weighted by atomic mass is 35.5. The van der Waals surface area contributed by atoms with Crippen molar-refractivity contribution in [2.75, 3.05) is 0 Å². The number of hydrogen-bond acceptors (Lipinski definition) is 4. The number of para-hydroxylation sites is 2. The van der Waals surface area contributed by atoms with Crippen molar-refractivity contribution < 1.29 is 19.4 Å². The van der Waals surface area contributed by atoms with Crippen LogP contribution in [0.5, 0.6) is 11.5 Å². The maximum absolute atomic E-state index is 11.4. The molecular weight excluding hydrogens is 427 g/mol. The van der Waals surface area contributed by atoms with Crippen molar-refractivity contribution in [1.82, 2.24) is 9.97 Å². The number of aromatic amines is 1. The van der Waals surface area contributed by atoms with Gasteiger partial charge in [-0.3, -0.25) is 0 Å². The minimum atomic E-state index is -1.07. The van der Waals surface area contributed by atoms with E-state index in [2.05, 4.69) is 9.97 Å². The Balaban J connectivity index is 1.55. The molecule has 2 N–H and O–H groups in total. The first-order valence-electron chi connectivity index (χ1n) is 9.01. The van der Waals surface area contributed by atoms with Gasteiger partial charge >= 0.3 is 5.97 Å². The van der Waals surface area contributed by atoms with Crippen LogP contribution in [-0.4, -0.2) is 21.0 Å². The summed E-state index contributed by atoms with van der Waals surface area (Å²) >= 11 is 12.3. The van der Waals surface area contributed by atoms with Crippen LogP contribution < -0.4 is 9.47 Å². The summed E-state index contributed by atoms with van der Waals surface area (Å²) < 4.78 is 11.7. The predicted octanol–water partition coefficient (Wildman–Crippen LogP) is 5.73. The largest absolute Gasteiger partial charge is 0.485 e. The molecule has 0 spiro atoms. The van der Waals surface area contributed by atoms with E-state index in [0.29, 0.717) is 27.2 Å². The minimum Gasteiger partial charge on any atom is -0.485 e. The van der Waals surface area contributed by atoms with E-state index in [1.54, 1.807) is 24.3 Å². The Morgan fingerprint density at radius 3 is 2.57 bits per heavy atom. The molecule has 152 valence electrons.